The van der Waals surface area contributed by atoms with E-state index in [-0.39, 0.29) is 36.0 Å². The largest absolute Gasteiger partial charge is 0.488 e. The number of anilines is 2. The molecular weight excluding hydrogens is 527 g/mol. The summed E-state index contributed by atoms with van der Waals surface area (Å²) in [5.41, 5.74) is 1.18. The fraction of sp³-hybridized carbons (Fsp3) is 0.423. The monoisotopic (exact) mass is 556 g/mol. The van der Waals surface area contributed by atoms with Crippen molar-refractivity contribution >= 4 is 51.0 Å². The zero-order chi connectivity index (χ0) is 27.7. The van der Waals surface area contributed by atoms with Crippen LogP contribution in [0.15, 0.2) is 24.5 Å². The molecule has 5 N–H and O–H groups in total. The quantitative estimate of drug-likeness (QED) is 0.280. The number of ether oxygens (including phenoxy) is 1. The normalized spacial score (nSPS) is 22.1. The van der Waals surface area contributed by atoms with E-state index in [1.807, 2.05) is 6.92 Å². The smallest absolute Gasteiger partial charge is 0.404 e. The summed E-state index contributed by atoms with van der Waals surface area (Å²) in [5, 5.41) is 21.3. The minimum absolute atomic E-state index is 0.0383. The van der Waals surface area contributed by atoms with Gasteiger partial charge in [0.25, 0.3) is 5.91 Å². The van der Waals surface area contributed by atoms with Crippen molar-refractivity contribution in [2.75, 3.05) is 5.32 Å². The molecule has 2 unspecified atom stereocenters. The summed E-state index contributed by atoms with van der Waals surface area (Å²) < 4.78 is 20.1. The van der Waals surface area contributed by atoms with Crippen molar-refractivity contribution in [3.8, 4) is 5.75 Å². The Bertz CT molecular complexity index is 1430. The van der Waals surface area contributed by atoms with E-state index in [1.165, 1.54) is 36.7 Å². The van der Waals surface area contributed by atoms with Crippen LogP contribution in [0.25, 0.3) is 10.2 Å². The Kier molecular flexibility index (Phi) is 7.51. The van der Waals surface area contributed by atoms with Crippen LogP contribution >= 0.6 is 11.3 Å². The second-order valence-electron chi connectivity index (χ2n) is 9.90. The third-order valence-corrected chi connectivity index (χ3v) is 8.27. The number of carbonyl (C=O) groups is 3. The minimum Gasteiger partial charge on any atom is -0.488 e. The zero-order valence-corrected chi connectivity index (χ0v) is 22.2. The van der Waals surface area contributed by atoms with Crippen LogP contribution in [0, 0.1) is 12.7 Å². The van der Waals surface area contributed by atoms with Gasteiger partial charge in [-0.05, 0) is 43.9 Å². The number of amides is 3. The lowest BCUT2D eigenvalue weighted by Crippen LogP contribution is -2.48. The van der Waals surface area contributed by atoms with Gasteiger partial charge >= 0.3 is 6.09 Å². The van der Waals surface area contributed by atoms with Gasteiger partial charge < -0.3 is 31.1 Å². The van der Waals surface area contributed by atoms with Crippen LogP contribution in [0.2, 0.25) is 0 Å². The number of nitrogens with zero attached hydrogens (tertiary/aromatic N) is 2. The van der Waals surface area contributed by atoms with E-state index in [0.717, 1.165) is 6.42 Å². The summed E-state index contributed by atoms with van der Waals surface area (Å²) in [7, 11) is 0. The lowest BCUT2D eigenvalue weighted by molar-refractivity contribution is -0.120. The van der Waals surface area contributed by atoms with Crippen LogP contribution in [0.3, 0.4) is 0 Å². The fourth-order valence-electron chi connectivity index (χ4n) is 5.15. The zero-order valence-electron chi connectivity index (χ0n) is 21.4. The molecule has 0 spiro atoms. The Morgan fingerprint density at radius 1 is 1.10 bits per heavy atom. The second-order valence-corrected chi connectivity index (χ2v) is 10.9. The van der Waals surface area contributed by atoms with Gasteiger partial charge in [-0.25, -0.2) is 19.2 Å². The number of benzene rings is 1. The van der Waals surface area contributed by atoms with Crippen molar-refractivity contribution in [1.29, 1.82) is 0 Å². The van der Waals surface area contributed by atoms with Gasteiger partial charge in [-0.3, -0.25) is 9.59 Å². The molecule has 2 heterocycles. The topological polar surface area (TPSA) is 155 Å². The molecule has 0 saturated heterocycles. The lowest BCUT2D eigenvalue weighted by Gasteiger charge is -2.36. The lowest BCUT2D eigenvalue weighted by atomic mass is 9.89. The van der Waals surface area contributed by atoms with Gasteiger partial charge in [0.15, 0.2) is 0 Å². The maximum absolute atomic E-state index is 14.1. The van der Waals surface area contributed by atoms with Gasteiger partial charge in [0.2, 0.25) is 5.91 Å². The molecule has 2 saturated carbocycles. The Hall–Kier alpha value is -4.00. The van der Waals surface area contributed by atoms with Gasteiger partial charge in [-0.2, -0.15) is 0 Å². The third-order valence-electron chi connectivity index (χ3n) is 7.07. The number of fused-ring (bicyclic) bond motifs is 1. The van der Waals surface area contributed by atoms with Crippen molar-refractivity contribution in [2.45, 2.75) is 70.2 Å². The van der Waals surface area contributed by atoms with Gasteiger partial charge in [0.05, 0.1) is 22.0 Å². The highest BCUT2D eigenvalue weighted by Crippen LogP contribution is 2.38. The molecular formula is C26H29FN6O5S. The molecule has 39 heavy (non-hydrogen) atoms. The minimum atomic E-state index is -1.11. The summed E-state index contributed by atoms with van der Waals surface area (Å²) >= 11 is 1.22. The second kappa shape index (κ2) is 11.0. The number of aromatic nitrogens is 2. The number of carbonyl (C=O) groups excluding carboxylic acids is 2. The molecule has 3 amide bonds. The summed E-state index contributed by atoms with van der Waals surface area (Å²) in [6.45, 7) is 3.28. The van der Waals surface area contributed by atoms with Crippen molar-refractivity contribution in [2.24, 2.45) is 0 Å². The van der Waals surface area contributed by atoms with E-state index in [0.29, 0.717) is 63.6 Å². The first kappa shape index (κ1) is 26.6. The highest BCUT2D eigenvalue weighted by atomic mass is 32.1. The van der Waals surface area contributed by atoms with Crippen LogP contribution in [0.1, 0.15) is 54.3 Å². The fourth-order valence-corrected chi connectivity index (χ4v) is 6.20. The van der Waals surface area contributed by atoms with Crippen LogP contribution < -0.4 is 26.0 Å². The predicted octanol–water partition coefficient (Wildman–Crippen LogP) is 3.85. The van der Waals surface area contributed by atoms with E-state index in [1.54, 1.807) is 6.07 Å². The molecule has 13 heteroatoms. The van der Waals surface area contributed by atoms with Crippen molar-refractivity contribution in [3.05, 3.63) is 40.8 Å². The number of carboxylic acid groups (broad SMARTS) is 1. The van der Waals surface area contributed by atoms with Crippen molar-refractivity contribution in [1.82, 2.24) is 25.9 Å². The molecule has 2 atom stereocenters. The Morgan fingerprint density at radius 3 is 2.56 bits per heavy atom. The Labute approximate surface area is 227 Å². The summed E-state index contributed by atoms with van der Waals surface area (Å²) in [5.74, 6) is -0.0830. The standard InChI is InChI=1S/C26H29FN6O5S/c1-12-21-23(31-19-7-6-14(27)8-20(19)38-16-9-15(10-16)30-13(2)34)28-11-29-25(21)39-22(12)24(35)32-17-4-3-5-18(17)33-26(36)37/h6-8,11,15-18,33H,3-5,9-10H2,1-2H3,(H,30,34)(H,32,35)(H,36,37)(H,28,29,31). The molecule has 11 nitrogen and oxygen atoms in total. The average molecular weight is 557 g/mol. The molecule has 2 aliphatic rings. The molecule has 2 aromatic heterocycles. The molecule has 5 rings (SSSR count). The Morgan fingerprint density at radius 2 is 1.85 bits per heavy atom. The Balaban J connectivity index is 1.35. The summed E-state index contributed by atoms with van der Waals surface area (Å²) in [6, 6.07) is 3.59. The molecule has 1 aromatic carbocycles. The number of hydrogen-bond donors (Lipinski definition) is 5. The third kappa shape index (κ3) is 5.87. The first-order chi connectivity index (χ1) is 18.7. The maximum atomic E-state index is 14.1. The van der Waals surface area contributed by atoms with Gasteiger partial charge in [0, 0.05) is 37.9 Å². The molecule has 0 aliphatic heterocycles. The predicted molar refractivity (Wildman–Crippen MR) is 143 cm³/mol. The molecule has 0 radical (unpaired) electrons. The number of halogens is 1. The number of thiophene rings is 1. The van der Waals surface area contributed by atoms with Gasteiger partial charge in [-0.15, -0.1) is 11.3 Å². The van der Waals surface area contributed by atoms with Crippen molar-refractivity contribution in [3.63, 3.8) is 0 Å². The van der Waals surface area contributed by atoms with Crippen LogP contribution in [-0.2, 0) is 4.79 Å². The SMILES string of the molecule is CC(=O)NC1CC(Oc2cc(F)ccc2Nc2ncnc3sc(C(=O)NC4CCCC4NC(=O)O)c(C)c23)C1. The van der Waals surface area contributed by atoms with Crippen LogP contribution in [-0.4, -0.2) is 57.2 Å². The van der Waals surface area contributed by atoms with Crippen molar-refractivity contribution < 1.29 is 28.6 Å². The first-order valence-corrected chi connectivity index (χ1v) is 13.5. The van der Waals surface area contributed by atoms with E-state index >= 15 is 0 Å². The van der Waals surface area contributed by atoms with Gasteiger partial charge in [0.1, 0.15) is 34.6 Å². The van der Waals surface area contributed by atoms with E-state index in [2.05, 4.69) is 31.2 Å². The van der Waals surface area contributed by atoms with E-state index in [9.17, 15) is 18.8 Å². The number of hydrogen-bond acceptors (Lipinski definition) is 8. The molecule has 2 fully saturated rings. The maximum Gasteiger partial charge on any atom is 0.404 e. The molecule has 206 valence electrons. The summed E-state index contributed by atoms with van der Waals surface area (Å²) in [4.78, 5) is 45.4. The van der Waals surface area contributed by atoms with E-state index < -0.39 is 11.9 Å². The van der Waals surface area contributed by atoms with Crippen LogP contribution in [0.5, 0.6) is 5.75 Å². The molecule has 3 aromatic rings. The van der Waals surface area contributed by atoms with Crippen LogP contribution in [0.4, 0.5) is 20.7 Å². The highest BCUT2D eigenvalue weighted by molar-refractivity contribution is 7.20. The number of nitrogens with one attached hydrogen (secondary N) is 4. The molecule has 2 aliphatic carbocycles. The number of aryl methyl sites for hydroxylation is 1. The van der Waals surface area contributed by atoms with Gasteiger partial charge in [-0.1, -0.05) is 0 Å². The average Bonchev–Trinajstić information content (AvgIpc) is 3.42. The van der Waals surface area contributed by atoms with E-state index in [4.69, 9.17) is 9.84 Å². The number of rotatable bonds is 8. The first-order valence-electron chi connectivity index (χ1n) is 12.7. The summed E-state index contributed by atoms with van der Waals surface area (Å²) in [6.07, 6.45) is 3.53. The highest BCUT2D eigenvalue weighted by Gasteiger charge is 2.33. The molecule has 0 bridgehead atoms.